The van der Waals surface area contributed by atoms with E-state index in [4.69, 9.17) is 20.2 Å². The first-order chi connectivity index (χ1) is 15.6. The van der Waals surface area contributed by atoms with Crippen LogP contribution in [-0.4, -0.2) is 19.5 Å². The van der Waals surface area contributed by atoms with Gasteiger partial charge >= 0.3 is 0 Å². The summed E-state index contributed by atoms with van der Waals surface area (Å²) >= 11 is 8.54. The maximum absolute atomic E-state index is 6.07. The lowest BCUT2D eigenvalue weighted by atomic mass is 10.1. The summed E-state index contributed by atoms with van der Waals surface area (Å²) in [5.74, 6) is 0.347. The van der Waals surface area contributed by atoms with Crippen LogP contribution in [0.25, 0.3) is 11.2 Å². The fraction of sp³-hybridized carbons (Fsp3) is 0.136. The number of hydrogen-bond acceptors (Lipinski definition) is 7. The Morgan fingerprint density at radius 2 is 1.81 bits per heavy atom. The summed E-state index contributed by atoms with van der Waals surface area (Å²) in [5.41, 5.74) is 9.44. The molecule has 0 saturated heterocycles. The van der Waals surface area contributed by atoms with Crippen molar-refractivity contribution in [2.24, 2.45) is 0 Å². The highest BCUT2D eigenvalue weighted by molar-refractivity contribution is 9.10. The van der Waals surface area contributed by atoms with Crippen LogP contribution < -0.4 is 5.73 Å². The third-order valence-corrected chi connectivity index (χ3v) is 7.33. The largest absolute Gasteiger partial charge is 0.454 e. The van der Waals surface area contributed by atoms with Crippen LogP contribution in [-0.2, 0) is 22.4 Å². The van der Waals surface area contributed by atoms with E-state index in [0.717, 1.165) is 20.9 Å². The molecule has 1 aliphatic rings. The van der Waals surface area contributed by atoms with E-state index in [1.807, 2.05) is 47.0 Å². The van der Waals surface area contributed by atoms with Crippen LogP contribution in [0.3, 0.4) is 0 Å². The first kappa shape index (κ1) is 21.3. The van der Waals surface area contributed by atoms with Gasteiger partial charge in [0.15, 0.2) is 22.1 Å². The minimum absolute atomic E-state index is 0.347. The number of anilines is 1. The summed E-state index contributed by atoms with van der Waals surface area (Å²) in [5, 5.41) is 1.32. The van der Waals surface area contributed by atoms with Gasteiger partial charge in [-0.3, -0.25) is 0 Å². The number of ether oxygens (including phenoxy) is 2. The highest BCUT2D eigenvalue weighted by Gasteiger charge is 2.26. The molecule has 2 aromatic carbocycles. The van der Waals surface area contributed by atoms with Crippen LogP contribution in [0, 0.1) is 0 Å². The third kappa shape index (κ3) is 4.22. The first-order valence-corrected chi connectivity index (χ1v) is 12.1. The summed E-state index contributed by atoms with van der Waals surface area (Å²) in [4.78, 5) is 13.2. The van der Waals surface area contributed by atoms with Crippen LogP contribution in [0.2, 0.25) is 0 Å². The Labute approximate surface area is 205 Å². The fourth-order valence-corrected chi connectivity index (χ4v) is 5.17. The third-order valence-electron chi connectivity index (χ3n) is 4.95. The molecule has 1 unspecified atom stereocenters. The number of halogens is 2. The first-order valence-electron chi connectivity index (χ1n) is 9.75. The lowest BCUT2D eigenvalue weighted by Gasteiger charge is -2.13. The van der Waals surface area contributed by atoms with Gasteiger partial charge in [-0.2, -0.15) is 0 Å². The summed E-state index contributed by atoms with van der Waals surface area (Å²) in [6.45, 7) is 0.666. The van der Waals surface area contributed by atoms with Crippen LogP contribution in [0.15, 0.2) is 80.3 Å². The minimum Gasteiger partial charge on any atom is -0.454 e. The van der Waals surface area contributed by atoms with Gasteiger partial charge in [-0.15, -0.1) is 0 Å². The van der Waals surface area contributed by atoms with Crippen LogP contribution in [0.5, 0.6) is 0 Å². The molecule has 0 spiro atoms. The van der Waals surface area contributed by atoms with Crippen molar-refractivity contribution in [1.29, 1.82) is 0 Å². The second kappa shape index (κ2) is 9.13. The Bertz CT molecular complexity index is 1330. The van der Waals surface area contributed by atoms with Crippen molar-refractivity contribution in [3.05, 3.63) is 86.3 Å². The number of aryl methyl sites for hydroxylation is 2. The van der Waals surface area contributed by atoms with Crippen molar-refractivity contribution >= 4 is 60.6 Å². The van der Waals surface area contributed by atoms with E-state index in [2.05, 4.69) is 47.9 Å². The van der Waals surface area contributed by atoms with E-state index in [0.29, 0.717) is 33.8 Å². The average molecular weight is 575 g/mol. The SMILES string of the molecule is Nc1ncnc2c1nc(SC1=COC(c3ccccc3Br)O1)n2CCc1ccccc1Br. The van der Waals surface area contributed by atoms with Crippen LogP contribution >= 0.6 is 43.6 Å². The lowest BCUT2D eigenvalue weighted by Crippen LogP contribution is -2.05. The maximum Gasteiger partial charge on any atom is 0.268 e. The molecule has 0 saturated carbocycles. The molecular weight excluding hydrogens is 558 g/mol. The monoisotopic (exact) mass is 573 g/mol. The number of imidazole rings is 1. The topological polar surface area (TPSA) is 88.1 Å². The van der Waals surface area contributed by atoms with Gasteiger partial charge in [0.25, 0.3) is 6.29 Å². The molecule has 10 heteroatoms. The second-order valence-electron chi connectivity index (χ2n) is 6.96. The van der Waals surface area contributed by atoms with Gasteiger partial charge in [0, 0.05) is 21.1 Å². The smallest absolute Gasteiger partial charge is 0.268 e. The van der Waals surface area contributed by atoms with Crippen molar-refractivity contribution < 1.29 is 9.47 Å². The zero-order valence-electron chi connectivity index (χ0n) is 16.6. The highest BCUT2D eigenvalue weighted by atomic mass is 79.9. The van der Waals surface area contributed by atoms with E-state index in [9.17, 15) is 0 Å². The molecule has 3 heterocycles. The molecule has 32 heavy (non-hydrogen) atoms. The van der Waals surface area contributed by atoms with E-state index >= 15 is 0 Å². The van der Waals surface area contributed by atoms with Crippen molar-refractivity contribution in [2.45, 2.75) is 24.4 Å². The molecule has 0 fully saturated rings. The van der Waals surface area contributed by atoms with E-state index in [1.54, 1.807) is 6.26 Å². The molecule has 5 rings (SSSR count). The van der Waals surface area contributed by atoms with Gasteiger partial charge in [0.1, 0.15) is 12.6 Å². The molecule has 0 bridgehead atoms. The Morgan fingerprint density at radius 3 is 2.62 bits per heavy atom. The Morgan fingerprint density at radius 1 is 1.03 bits per heavy atom. The number of benzene rings is 2. The molecular formula is C22H17Br2N5O2S. The van der Waals surface area contributed by atoms with Crippen molar-refractivity contribution in [1.82, 2.24) is 19.5 Å². The molecule has 2 aromatic heterocycles. The lowest BCUT2D eigenvalue weighted by molar-refractivity contribution is -0.0278. The van der Waals surface area contributed by atoms with Crippen molar-refractivity contribution in [3.63, 3.8) is 0 Å². The zero-order chi connectivity index (χ0) is 22.1. The molecule has 1 aliphatic heterocycles. The summed E-state index contributed by atoms with van der Waals surface area (Å²) in [6, 6.07) is 16.0. The Kier molecular flexibility index (Phi) is 6.07. The minimum atomic E-state index is -0.518. The number of nitrogens with zero attached hydrogens (tertiary/aromatic N) is 4. The number of aromatic nitrogens is 4. The van der Waals surface area contributed by atoms with Crippen molar-refractivity contribution in [2.75, 3.05) is 5.73 Å². The van der Waals surface area contributed by atoms with Gasteiger partial charge < -0.3 is 19.8 Å². The van der Waals surface area contributed by atoms with Gasteiger partial charge in [-0.25, -0.2) is 15.0 Å². The molecule has 4 aromatic rings. The summed E-state index contributed by atoms with van der Waals surface area (Å²) in [7, 11) is 0. The number of hydrogen-bond donors (Lipinski definition) is 1. The average Bonchev–Trinajstić information content (AvgIpc) is 3.39. The molecule has 0 radical (unpaired) electrons. The number of thioether (sulfide) groups is 1. The Hall–Kier alpha value is -2.56. The number of fused-ring (bicyclic) bond motifs is 1. The zero-order valence-corrected chi connectivity index (χ0v) is 20.6. The van der Waals surface area contributed by atoms with Crippen LogP contribution in [0.1, 0.15) is 17.4 Å². The molecule has 0 amide bonds. The molecule has 1 atom stereocenters. The van der Waals surface area contributed by atoms with Crippen molar-refractivity contribution in [3.8, 4) is 0 Å². The second-order valence-corrected chi connectivity index (χ2v) is 9.65. The quantitative estimate of drug-likeness (QED) is 0.311. The van der Waals surface area contributed by atoms with Gasteiger partial charge in [-0.1, -0.05) is 68.3 Å². The van der Waals surface area contributed by atoms with E-state index in [1.165, 1.54) is 23.7 Å². The standard InChI is InChI=1S/C22H17Br2N5O2S/c23-15-7-3-1-5-13(15)9-10-29-20-18(19(25)26-12-27-20)28-22(29)32-17-11-30-21(31-17)14-6-2-4-8-16(14)24/h1-8,11-12,21H,9-10H2,(H2,25,26,27). The highest BCUT2D eigenvalue weighted by Crippen LogP contribution is 2.40. The summed E-state index contributed by atoms with van der Waals surface area (Å²) in [6.07, 6.45) is 3.35. The molecule has 2 N–H and O–H groups in total. The molecule has 7 nitrogen and oxygen atoms in total. The molecule has 162 valence electrons. The van der Waals surface area contributed by atoms with Gasteiger partial charge in [0.05, 0.1) is 0 Å². The summed E-state index contributed by atoms with van der Waals surface area (Å²) < 4.78 is 15.8. The molecule has 0 aliphatic carbocycles. The normalized spacial score (nSPS) is 15.4. The van der Waals surface area contributed by atoms with E-state index < -0.39 is 6.29 Å². The van der Waals surface area contributed by atoms with Gasteiger partial charge in [-0.05, 0) is 35.9 Å². The van der Waals surface area contributed by atoms with Gasteiger partial charge in [0.2, 0.25) is 5.09 Å². The van der Waals surface area contributed by atoms with E-state index in [-0.39, 0.29) is 0 Å². The fourth-order valence-electron chi connectivity index (χ4n) is 3.37. The Balaban J connectivity index is 1.41. The van der Waals surface area contributed by atoms with Crippen LogP contribution in [0.4, 0.5) is 5.82 Å². The maximum atomic E-state index is 6.07. The predicted molar refractivity (Wildman–Crippen MR) is 131 cm³/mol. The number of rotatable bonds is 6. The number of nitrogen functional groups attached to an aromatic ring is 1. The number of nitrogens with two attached hydrogens (primary N) is 1. The predicted octanol–water partition coefficient (Wildman–Crippen LogP) is 5.81.